The first kappa shape index (κ1) is 11.4. The molecule has 0 N–H and O–H groups in total. The largest absolute Gasteiger partial charge is 0.339 e. The van der Waals surface area contributed by atoms with Gasteiger partial charge in [-0.3, -0.25) is 4.79 Å². The highest BCUT2D eigenvalue weighted by Crippen LogP contribution is 2.21. The normalized spacial score (nSPS) is 17.4. The molecule has 0 radical (unpaired) electrons. The molecule has 0 aromatic heterocycles. The molecule has 1 fully saturated rings. The van der Waals surface area contributed by atoms with E-state index in [1.807, 2.05) is 29.7 Å². The van der Waals surface area contributed by atoms with Crippen LogP contribution in [0.2, 0.25) is 0 Å². The second-order valence-electron chi connectivity index (χ2n) is 3.36. The fourth-order valence-electron chi connectivity index (χ4n) is 1.80. The van der Waals surface area contributed by atoms with Gasteiger partial charge in [0, 0.05) is 12.6 Å². The fourth-order valence-corrected chi connectivity index (χ4v) is 2.89. The van der Waals surface area contributed by atoms with Crippen molar-refractivity contribution in [2.24, 2.45) is 0 Å². The Kier molecular flexibility index (Phi) is 4.81. The van der Waals surface area contributed by atoms with Crippen LogP contribution in [0.4, 0.5) is 0 Å². The van der Waals surface area contributed by atoms with E-state index < -0.39 is 0 Å². The first-order chi connectivity index (χ1) is 6.79. The number of rotatable bonds is 3. The summed E-state index contributed by atoms with van der Waals surface area (Å²) in [4.78, 5) is 13.4. The SMILES string of the molecule is CCN(C(=O)CC#N)C1CCSCC1. The van der Waals surface area contributed by atoms with E-state index in [9.17, 15) is 4.79 Å². The smallest absolute Gasteiger partial charge is 0.237 e. The molecule has 1 aliphatic rings. The maximum atomic E-state index is 11.6. The summed E-state index contributed by atoms with van der Waals surface area (Å²) in [6.45, 7) is 2.72. The molecular weight excluding hydrogens is 196 g/mol. The van der Waals surface area contributed by atoms with Crippen LogP contribution < -0.4 is 0 Å². The van der Waals surface area contributed by atoms with Crippen molar-refractivity contribution in [2.45, 2.75) is 32.2 Å². The van der Waals surface area contributed by atoms with Gasteiger partial charge in [0.25, 0.3) is 0 Å². The van der Waals surface area contributed by atoms with E-state index in [0.29, 0.717) is 6.04 Å². The highest BCUT2D eigenvalue weighted by molar-refractivity contribution is 7.99. The average Bonchev–Trinajstić information content (AvgIpc) is 2.21. The van der Waals surface area contributed by atoms with Crippen LogP contribution >= 0.6 is 11.8 Å². The van der Waals surface area contributed by atoms with Crippen LogP contribution in [-0.4, -0.2) is 34.9 Å². The minimum absolute atomic E-state index is 0.00750. The standard InChI is InChI=1S/C10H16N2OS/c1-2-12(10(13)3-6-11)9-4-7-14-8-5-9/h9H,2-5,7-8H2,1H3. The zero-order chi connectivity index (χ0) is 10.4. The number of amides is 1. The Morgan fingerprint density at radius 3 is 2.71 bits per heavy atom. The molecule has 0 saturated carbocycles. The first-order valence-corrected chi connectivity index (χ1v) is 6.19. The maximum Gasteiger partial charge on any atom is 0.237 e. The molecule has 1 rings (SSSR count). The molecule has 3 nitrogen and oxygen atoms in total. The lowest BCUT2D eigenvalue weighted by Gasteiger charge is -2.32. The molecule has 1 aliphatic heterocycles. The Labute approximate surface area is 89.5 Å². The summed E-state index contributed by atoms with van der Waals surface area (Å²) in [6.07, 6.45) is 2.18. The third-order valence-electron chi connectivity index (χ3n) is 2.52. The molecule has 0 aromatic carbocycles. The summed E-state index contributed by atoms with van der Waals surface area (Å²) in [7, 11) is 0. The molecule has 1 amide bonds. The first-order valence-electron chi connectivity index (χ1n) is 5.03. The van der Waals surface area contributed by atoms with Crippen molar-refractivity contribution in [3.8, 4) is 6.07 Å². The van der Waals surface area contributed by atoms with Crippen LogP contribution in [0.5, 0.6) is 0 Å². The van der Waals surface area contributed by atoms with Crippen molar-refractivity contribution < 1.29 is 4.79 Å². The van der Waals surface area contributed by atoms with Crippen molar-refractivity contribution >= 4 is 17.7 Å². The third kappa shape index (κ3) is 2.91. The Hall–Kier alpha value is -0.690. The second kappa shape index (κ2) is 5.92. The Morgan fingerprint density at radius 2 is 2.21 bits per heavy atom. The van der Waals surface area contributed by atoms with Gasteiger partial charge in [-0.15, -0.1) is 0 Å². The van der Waals surface area contributed by atoms with E-state index in [0.717, 1.165) is 30.9 Å². The lowest BCUT2D eigenvalue weighted by Crippen LogP contribution is -2.41. The van der Waals surface area contributed by atoms with Gasteiger partial charge in [0.05, 0.1) is 6.07 Å². The minimum Gasteiger partial charge on any atom is -0.339 e. The number of nitriles is 1. The van der Waals surface area contributed by atoms with E-state index >= 15 is 0 Å². The van der Waals surface area contributed by atoms with E-state index in [2.05, 4.69) is 0 Å². The van der Waals surface area contributed by atoms with Crippen molar-refractivity contribution in [1.82, 2.24) is 4.90 Å². The number of thioether (sulfide) groups is 1. The molecule has 0 bridgehead atoms. The lowest BCUT2D eigenvalue weighted by molar-refractivity contribution is -0.132. The topological polar surface area (TPSA) is 44.1 Å². The van der Waals surface area contributed by atoms with Gasteiger partial charge in [-0.1, -0.05) is 0 Å². The van der Waals surface area contributed by atoms with Gasteiger partial charge in [-0.25, -0.2) is 0 Å². The monoisotopic (exact) mass is 212 g/mol. The second-order valence-corrected chi connectivity index (χ2v) is 4.58. The zero-order valence-electron chi connectivity index (χ0n) is 8.53. The summed E-state index contributed by atoms with van der Waals surface area (Å²) in [5.74, 6) is 2.27. The van der Waals surface area contributed by atoms with Gasteiger partial charge in [0.1, 0.15) is 6.42 Å². The predicted octanol–water partition coefficient (Wildman–Crippen LogP) is 1.64. The van der Waals surface area contributed by atoms with E-state index in [1.165, 1.54) is 0 Å². The number of nitrogens with zero attached hydrogens (tertiary/aromatic N) is 2. The highest BCUT2D eigenvalue weighted by Gasteiger charge is 2.23. The molecule has 0 aromatic rings. The van der Waals surface area contributed by atoms with Crippen LogP contribution in [0.25, 0.3) is 0 Å². The molecule has 0 atom stereocenters. The number of carbonyl (C=O) groups excluding carboxylic acids is 1. The van der Waals surface area contributed by atoms with E-state index in [-0.39, 0.29) is 12.3 Å². The summed E-state index contributed by atoms with van der Waals surface area (Å²) in [6, 6.07) is 2.30. The van der Waals surface area contributed by atoms with Crippen LogP contribution in [0.1, 0.15) is 26.2 Å². The fraction of sp³-hybridized carbons (Fsp3) is 0.800. The number of hydrogen-bond donors (Lipinski definition) is 0. The molecule has 0 spiro atoms. The summed E-state index contributed by atoms with van der Waals surface area (Å²) in [5, 5.41) is 8.48. The van der Waals surface area contributed by atoms with Gasteiger partial charge in [0.15, 0.2) is 0 Å². The molecule has 14 heavy (non-hydrogen) atoms. The Balaban J connectivity index is 2.51. The zero-order valence-corrected chi connectivity index (χ0v) is 9.35. The van der Waals surface area contributed by atoms with Crippen LogP contribution in [0, 0.1) is 11.3 Å². The highest BCUT2D eigenvalue weighted by atomic mass is 32.2. The van der Waals surface area contributed by atoms with E-state index in [1.54, 1.807) is 0 Å². The molecule has 0 unspecified atom stereocenters. The molecule has 78 valence electrons. The van der Waals surface area contributed by atoms with Gasteiger partial charge in [-0.2, -0.15) is 17.0 Å². The Bertz CT molecular complexity index is 231. The number of carbonyl (C=O) groups is 1. The maximum absolute atomic E-state index is 11.6. The summed E-state index contributed by atoms with van der Waals surface area (Å²) >= 11 is 1.95. The molecule has 1 heterocycles. The van der Waals surface area contributed by atoms with Crippen LogP contribution in [0.15, 0.2) is 0 Å². The van der Waals surface area contributed by atoms with Gasteiger partial charge in [-0.05, 0) is 31.3 Å². The Morgan fingerprint density at radius 1 is 1.57 bits per heavy atom. The minimum atomic E-state index is -0.00750. The van der Waals surface area contributed by atoms with Crippen LogP contribution in [0.3, 0.4) is 0 Å². The van der Waals surface area contributed by atoms with Crippen molar-refractivity contribution in [3.05, 3.63) is 0 Å². The van der Waals surface area contributed by atoms with Gasteiger partial charge >= 0.3 is 0 Å². The van der Waals surface area contributed by atoms with Gasteiger partial charge in [0.2, 0.25) is 5.91 Å². The predicted molar refractivity (Wildman–Crippen MR) is 58.0 cm³/mol. The van der Waals surface area contributed by atoms with E-state index in [4.69, 9.17) is 5.26 Å². The van der Waals surface area contributed by atoms with Crippen molar-refractivity contribution in [3.63, 3.8) is 0 Å². The molecule has 4 heteroatoms. The van der Waals surface area contributed by atoms with Crippen molar-refractivity contribution in [2.75, 3.05) is 18.1 Å². The molecule has 1 saturated heterocycles. The summed E-state index contributed by atoms with van der Waals surface area (Å²) < 4.78 is 0. The molecule has 0 aliphatic carbocycles. The van der Waals surface area contributed by atoms with Crippen molar-refractivity contribution in [1.29, 1.82) is 5.26 Å². The molecular formula is C10H16N2OS. The van der Waals surface area contributed by atoms with Crippen LogP contribution in [-0.2, 0) is 4.79 Å². The third-order valence-corrected chi connectivity index (χ3v) is 3.57. The lowest BCUT2D eigenvalue weighted by atomic mass is 10.1. The average molecular weight is 212 g/mol. The quantitative estimate of drug-likeness (QED) is 0.714. The van der Waals surface area contributed by atoms with Gasteiger partial charge < -0.3 is 4.90 Å². The number of hydrogen-bond acceptors (Lipinski definition) is 3. The summed E-state index contributed by atoms with van der Waals surface area (Å²) in [5.41, 5.74) is 0.